The normalized spacial score (nSPS) is 12.0. The zero-order valence-corrected chi connectivity index (χ0v) is 26.8. The van der Waals surface area contributed by atoms with Gasteiger partial charge in [-0.05, 0) is 40.8 Å². The molecule has 0 aliphatic heterocycles. The van der Waals surface area contributed by atoms with Gasteiger partial charge in [0.15, 0.2) is 0 Å². The Morgan fingerprint density at radius 3 is 1.86 bits per heavy atom. The van der Waals surface area contributed by atoms with Crippen LogP contribution in [0.3, 0.4) is 0 Å². The summed E-state index contributed by atoms with van der Waals surface area (Å²) in [6, 6.07) is 57.7. The average molecular weight is 638 g/mol. The molecule has 4 heterocycles. The molecule has 232 valence electrons. The van der Waals surface area contributed by atoms with E-state index in [2.05, 4.69) is 173 Å². The highest BCUT2D eigenvalue weighted by Gasteiger charge is 2.23. The lowest BCUT2D eigenvalue weighted by atomic mass is 9.99. The Morgan fingerprint density at radius 1 is 0.380 bits per heavy atom. The summed E-state index contributed by atoms with van der Waals surface area (Å²) in [6.07, 6.45) is 0. The van der Waals surface area contributed by atoms with Crippen molar-refractivity contribution < 1.29 is 0 Å². The van der Waals surface area contributed by atoms with Gasteiger partial charge in [0.25, 0.3) is 0 Å². The summed E-state index contributed by atoms with van der Waals surface area (Å²) >= 11 is 0. The minimum absolute atomic E-state index is 0.635. The fourth-order valence-corrected chi connectivity index (χ4v) is 7.85. The van der Waals surface area contributed by atoms with Crippen molar-refractivity contribution in [2.75, 3.05) is 0 Å². The molecule has 0 N–H and O–H groups in total. The molecular formula is C45H27N5. The maximum absolute atomic E-state index is 5.49. The first-order valence-electron chi connectivity index (χ1n) is 16.9. The van der Waals surface area contributed by atoms with E-state index < -0.39 is 0 Å². The molecule has 0 aliphatic carbocycles. The Labute approximate surface area is 286 Å². The number of rotatable bonds is 3. The number of pyridine rings is 1. The van der Waals surface area contributed by atoms with Crippen molar-refractivity contribution in [2.45, 2.75) is 0 Å². The van der Waals surface area contributed by atoms with Gasteiger partial charge in [-0.2, -0.15) is 0 Å². The molecule has 0 saturated carbocycles. The number of imidazole rings is 1. The van der Waals surface area contributed by atoms with Crippen LogP contribution >= 0.6 is 0 Å². The Kier molecular flexibility index (Phi) is 5.60. The fourth-order valence-electron chi connectivity index (χ4n) is 7.85. The SMILES string of the molecule is c1ccc(-c2ccc(-c3nc(-n4c5ccccc5c5c4c4ccccc4c4nc6ccccc6n45)nc4c3ccc3ccccc34)cc2)cc1. The summed E-state index contributed by atoms with van der Waals surface area (Å²) in [5.41, 5.74) is 11.4. The van der Waals surface area contributed by atoms with Gasteiger partial charge in [-0.1, -0.05) is 140 Å². The van der Waals surface area contributed by atoms with Gasteiger partial charge in [-0.25, -0.2) is 15.0 Å². The Morgan fingerprint density at radius 2 is 1.02 bits per heavy atom. The molecule has 11 aromatic rings. The molecule has 0 amide bonds. The van der Waals surface area contributed by atoms with E-state index in [0.29, 0.717) is 5.95 Å². The van der Waals surface area contributed by atoms with Crippen LogP contribution in [-0.4, -0.2) is 23.9 Å². The number of hydrogen-bond acceptors (Lipinski definition) is 3. The molecule has 0 radical (unpaired) electrons. The monoisotopic (exact) mass is 637 g/mol. The summed E-state index contributed by atoms with van der Waals surface area (Å²) in [5, 5.41) is 6.59. The fraction of sp³-hybridized carbons (Fsp3) is 0. The Bertz CT molecular complexity index is 3140. The van der Waals surface area contributed by atoms with E-state index in [0.717, 1.165) is 82.3 Å². The third-order valence-corrected chi connectivity index (χ3v) is 10.1. The van der Waals surface area contributed by atoms with Crippen LogP contribution in [-0.2, 0) is 0 Å². The summed E-state index contributed by atoms with van der Waals surface area (Å²) in [7, 11) is 0. The minimum atomic E-state index is 0.635. The minimum Gasteiger partial charge on any atom is -0.289 e. The molecule has 7 aromatic carbocycles. The Hall–Kier alpha value is -6.85. The molecule has 4 aromatic heterocycles. The molecule has 50 heavy (non-hydrogen) atoms. The van der Waals surface area contributed by atoms with Gasteiger partial charge in [0, 0.05) is 32.5 Å². The van der Waals surface area contributed by atoms with Crippen molar-refractivity contribution in [3.63, 3.8) is 0 Å². The first-order chi connectivity index (χ1) is 24.8. The molecule has 0 aliphatic rings. The molecule has 5 nitrogen and oxygen atoms in total. The molecule has 0 atom stereocenters. The van der Waals surface area contributed by atoms with Crippen LogP contribution in [0.4, 0.5) is 0 Å². The van der Waals surface area contributed by atoms with E-state index in [-0.39, 0.29) is 0 Å². The quantitative estimate of drug-likeness (QED) is 0.181. The highest BCUT2D eigenvalue weighted by Crippen LogP contribution is 2.41. The second kappa shape index (κ2) is 10.3. The third kappa shape index (κ3) is 3.80. The molecule has 0 saturated heterocycles. The van der Waals surface area contributed by atoms with Crippen LogP contribution in [0.5, 0.6) is 0 Å². The summed E-state index contributed by atoms with van der Waals surface area (Å²) in [4.78, 5) is 16.1. The maximum atomic E-state index is 5.49. The number of para-hydroxylation sites is 3. The molecule has 11 rings (SSSR count). The lowest BCUT2D eigenvalue weighted by Gasteiger charge is -2.14. The van der Waals surface area contributed by atoms with Crippen LogP contribution in [0.1, 0.15) is 0 Å². The molecular weight excluding hydrogens is 611 g/mol. The van der Waals surface area contributed by atoms with E-state index in [1.807, 2.05) is 0 Å². The van der Waals surface area contributed by atoms with Gasteiger partial charge in [0.2, 0.25) is 5.95 Å². The topological polar surface area (TPSA) is 48.0 Å². The number of hydrogen-bond donors (Lipinski definition) is 0. The number of nitrogens with zero attached hydrogens (tertiary/aromatic N) is 5. The van der Waals surface area contributed by atoms with Gasteiger partial charge < -0.3 is 0 Å². The van der Waals surface area contributed by atoms with Crippen molar-refractivity contribution in [3.8, 4) is 28.3 Å². The smallest absolute Gasteiger partial charge is 0.235 e. The summed E-state index contributed by atoms with van der Waals surface area (Å²) < 4.78 is 4.59. The van der Waals surface area contributed by atoms with E-state index >= 15 is 0 Å². The van der Waals surface area contributed by atoms with Gasteiger partial charge in [0.1, 0.15) is 5.65 Å². The first-order valence-corrected chi connectivity index (χ1v) is 16.9. The zero-order valence-electron chi connectivity index (χ0n) is 26.8. The van der Waals surface area contributed by atoms with Gasteiger partial charge in [-0.3, -0.25) is 8.97 Å². The number of benzene rings is 7. The highest BCUT2D eigenvalue weighted by molar-refractivity contribution is 6.21. The van der Waals surface area contributed by atoms with Crippen LogP contribution in [0.15, 0.2) is 164 Å². The average Bonchev–Trinajstić information content (AvgIpc) is 3.75. The van der Waals surface area contributed by atoms with E-state index in [1.54, 1.807) is 0 Å². The van der Waals surface area contributed by atoms with Crippen LogP contribution in [0.25, 0.3) is 99.4 Å². The summed E-state index contributed by atoms with van der Waals surface area (Å²) in [5.74, 6) is 0.635. The van der Waals surface area contributed by atoms with Crippen LogP contribution in [0.2, 0.25) is 0 Å². The van der Waals surface area contributed by atoms with E-state index in [9.17, 15) is 0 Å². The predicted octanol–water partition coefficient (Wildman–Crippen LogP) is 11.2. The lowest BCUT2D eigenvalue weighted by molar-refractivity contribution is 1.02. The van der Waals surface area contributed by atoms with E-state index in [1.165, 1.54) is 11.1 Å². The van der Waals surface area contributed by atoms with Gasteiger partial charge in [-0.15, -0.1) is 0 Å². The largest absolute Gasteiger partial charge is 0.289 e. The maximum Gasteiger partial charge on any atom is 0.235 e. The zero-order chi connectivity index (χ0) is 32.8. The third-order valence-electron chi connectivity index (χ3n) is 10.1. The van der Waals surface area contributed by atoms with Crippen LogP contribution < -0.4 is 0 Å². The number of aromatic nitrogens is 5. The second-order valence-electron chi connectivity index (χ2n) is 12.9. The Balaban J connectivity index is 1.30. The lowest BCUT2D eigenvalue weighted by Crippen LogP contribution is -2.04. The van der Waals surface area contributed by atoms with E-state index in [4.69, 9.17) is 15.0 Å². The first kappa shape index (κ1) is 27.1. The van der Waals surface area contributed by atoms with Crippen molar-refractivity contribution in [3.05, 3.63) is 164 Å². The van der Waals surface area contributed by atoms with Crippen molar-refractivity contribution in [2.24, 2.45) is 0 Å². The number of fused-ring (bicyclic) bond motifs is 13. The van der Waals surface area contributed by atoms with Gasteiger partial charge >= 0.3 is 0 Å². The molecule has 0 unspecified atom stereocenters. The highest BCUT2D eigenvalue weighted by atomic mass is 15.2. The molecule has 0 fully saturated rings. The van der Waals surface area contributed by atoms with Gasteiger partial charge in [0.05, 0.1) is 38.8 Å². The molecule has 0 bridgehead atoms. The molecule has 5 heteroatoms. The van der Waals surface area contributed by atoms with Crippen molar-refractivity contribution in [1.82, 2.24) is 23.9 Å². The second-order valence-corrected chi connectivity index (χ2v) is 12.9. The predicted molar refractivity (Wildman–Crippen MR) is 206 cm³/mol. The van der Waals surface area contributed by atoms with Crippen molar-refractivity contribution in [1.29, 1.82) is 0 Å². The standard InChI is InChI=1S/C45H27N5/c1-2-12-28(13-3-1)29-22-24-31(25-23-29)40-36-27-26-30-14-4-5-15-32(30)41(36)48-45(47-40)50-38-20-10-8-18-35(38)43-42(50)33-16-6-7-17-34(33)44-46-37-19-9-11-21-39(37)49(43)44/h1-27H. The van der Waals surface area contributed by atoms with Crippen LogP contribution in [0, 0.1) is 0 Å². The summed E-state index contributed by atoms with van der Waals surface area (Å²) in [6.45, 7) is 0. The molecule has 0 spiro atoms. The van der Waals surface area contributed by atoms with Crippen molar-refractivity contribution >= 4 is 71.1 Å².